The second-order valence-electron chi connectivity index (χ2n) is 6.20. The van der Waals surface area contributed by atoms with E-state index in [1.54, 1.807) is 25.3 Å². The Bertz CT molecular complexity index is 816. The van der Waals surface area contributed by atoms with Gasteiger partial charge >= 0.3 is 0 Å². The summed E-state index contributed by atoms with van der Waals surface area (Å²) in [5.41, 5.74) is 0.860. The van der Waals surface area contributed by atoms with Crippen molar-refractivity contribution in [2.24, 2.45) is 0 Å². The number of carbonyl (C=O) groups excluding carboxylic acids is 1. The van der Waals surface area contributed by atoms with Crippen LogP contribution in [0.2, 0.25) is 5.02 Å². The lowest BCUT2D eigenvalue weighted by molar-refractivity contribution is -0.130. The van der Waals surface area contributed by atoms with Gasteiger partial charge in [0.2, 0.25) is 5.91 Å². The number of para-hydroxylation sites is 1. The van der Waals surface area contributed by atoms with Crippen molar-refractivity contribution in [1.82, 2.24) is 19.6 Å². The van der Waals surface area contributed by atoms with Gasteiger partial charge in [0.15, 0.2) is 0 Å². The average Bonchev–Trinajstić information content (AvgIpc) is 2.66. The van der Waals surface area contributed by atoms with Crippen molar-refractivity contribution in [2.75, 3.05) is 44.6 Å². The van der Waals surface area contributed by atoms with Crippen molar-refractivity contribution >= 4 is 23.2 Å². The van der Waals surface area contributed by atoms with Gasteiger partial charge in [-0.1, -0.05) is 29.8 Å². The van der Waals surface area contributed by atoms with Crippen LogP contribution in [0, 0.1) is 0 Å². The Labute approximate surface area is 157 Å². The summed E-state index contributed by atoms with van der Waals surface area (Å²) in [5.74, 6) is 0.125. The molecular weight excluding hydrogens is 354 g/mol. The lowest BCUT2D eigenvalue weighted by Gasteiger charge is -2.34. The topological polar surface area (TPSA) is 70.5 Å². The minimum Gasteiger partial charge on any atom is -0.381 e. The number of benzene rings is 1. The fraction of sp³-hybridized carbons (Fsp3) is 0.389. The molecule has 26 heavy (non-hydrogen) atoms. The fourth-order valence-corrected chi connectivity index (χ4v) is 3.14. The summed E-state index contributed by atoms with van der Waals surface area (Å²) in [7, 11) is 0. The molecule has 1 saturated heterocycles. The quantitative estimate of drug-likeness (QED) is 0.856. The fourth-order valence-electron chi connectivity index (χ4n) is 2.94. The van der Waals surface area contributed by atoms with Crippen molar-refractivity contribution < 1.29 is 4.79 Å². The molecule has 1 fully saturated rings. The molecule has 7 nitrogen and oxygen atoms in total. The summed E-state index contributed by atoms with van der Waals surface area (Å²) in [6.07, 6.45) is 1.57. The third-order valence-electron chi connectivity index (χ3n) is 4.48. The summed E-state index contributed by atoms with van der Waals surface area (Å²) >= 11 is 6.23. The van der Waals surface area contributed by atoms with Gasteiger partial charge in [0, 0.05) is 46.2 Å². The van der Waals surface area contributed by atoms with Crippen molar-refractivity contribution in [3.05, 3.63) is 51.9 Å². The van der Waals surface area contributed by atoms with Crippen molar-refractivity contribution in [2.45, 2.75) is 6.92 Å². The zero-order valence-electron chi connectivity index (χ0n) is 14.7. The predicted octanol–water partition coefficient (Wildman–Crippen LogP) is 1.46. The summed E-state index contributed by atoms with van der Waals surface area (Å²) < 4.78 is 1.29. The molecule has 1 aliphatic rings. The Hall–Kier alpha value is -2.38. The molecular formula is C18H22ClN5O2. The van der Waals surface area contributed by atoms with Crippen LogP contribution in [0.4, 0.5) is 5.69 Å². The first-order valence-corrected chi connectivity index (χ1v) is 8.99. The van der Waals surface area contributed by atoms with E-state index in [0.29, 0.717) is 17.9 Å². The van der Waals surface area contributed by atoms with Gasteiger partial charge in [0.1, 0.15) is 5.02 Å². The maximum Gasteiger partial charge on any atom is 0.292 e. The molecule has 0 saturated carbocycles. The van der Waals surface area contributed by atoms with E-state index >= 15 is 0 Å². The van der Waals surface area contributed by atoms with Crippen LogP contribution >= 0.6 is 11.6 Å². The molecule has 0 spiro atoms. The van der Waals surface area contributed by atoms with Crippen LogP contribution in [-0.4, -0.2) is 64.8 Å². The number of nitrogens with one attached hydrogen (secondary N) is 1. The highest BCUT2D eigenvalue weighted by atomic mass is 35.5. The third-order valence-corrected chi connectivity index (χ3v) is 4.85. The van der Waals surface area contributed by atoms with Gasteiger partial charge in [0.05, 0.1) is 17.6 Å². The smallest absolute Gasteiger partial charge is 0.292 e. The number of rotatable bonds is 5. The van der Waals surface area contributed by atoms with Gasteiger partial charge in [-0.3, -0.25) is 14.5 Å². The van der Waals surface area contributed by atoms with E-state index in [2.05, 4.69) is 15.3 Å². The van der Waals surface area contributed by atoms with Crippen LogP contribution in [0.25, 0.3) is 5.69 Å². The number of carbonyl (C=O) groups is 1. The molecule has 8 heteroatoms. The van der Waals surface area contributed by atoms with Gasteiger partial charge in [0.25, 0.3) is 5.56 Å². The molecule has 3 rings (SSSR count). The van der Waals surface area contributed by atoms with Crippen LogP contribution in [0.5, 0.6) is 0 Å². The minimum atomic E-state index is -0.349. The molecule has 1 N–H and O–H groups in total. The number of anilines is 1. The Kier molecular flexibility index (Phi) is 5.90. The molecule has 0 aliphatic carbocycles. The molecule has 2 heterocycles. The number of piperazine rings is 1. The summed E-state index contributed by atoms with van der Waals surface area (Å²) in [6.45, 7) is 6.27. The van der Waals surface area contributed by atoms with Crippen molar-refractivity contribution in [3.63, 3.8) is 0 Å². The summed E-state index contributed by atoms with van der Waals surface area (Å²) in [5, 5.41) is 7.52. The van der Waals surface area contributed by atoms with Gasteiger partial charge in [-0.05, 0) is 12.1 Å². The Balaban J connectivity index is 1.57. The van der Waals surface area contributed by atoms with Gasteiger partial charge in [-0.15, -0.1) is 0 Å². The van der Waals surface area contributed by atoms with Gasteiger partial charge in [-0.2, -0.15) is 9.78 Å². The van der Waals surface area contributed by atoms with E-state index in [4.69, 9.17) is 11.6 Å². The van der Waals surface area contributed by atoms with Crippen molar-refractivity contribution in [1.29, 1.82) is 0 Å². The molecule has 1 amide bonds. The van der Waals surface area contributed by atoms with E-state index < -0.39 is 0 Å². The lowest BCUT2D eigenvalue weighted by Crippen LogP contribution is -2.49. The second kappa shape index (κ2) is 8.33. The van der Waals surface area contributed by atoms with Crippen LogP contribution in [0.3, 0.4) is 0 Å². The predicted molar refractivity (Wildman–Crippen MR) is 102 cm³/mol. The molecule has 0 unspecified atom stereocenters. The Morgan fingerprint density at radius 1 is 1.19 bits per heavy atom. The average molecular weight is 376 g/mol. The largest absolute Gasteiger partial charge is 0.381 e. The monoisotopic (exact) mass is 375 g/mol. The van der Waals surface area contributed by atoms with Crippen molar-refractivity contribution in [3.8, 4) is 5.69 Å². The Morgan fingerprint density at radius 2 is 1.88 bits per heavy atom. The van der Waals surface area contributed by atoms with E-state index in [1.165, 1.54) is 4.68 Å². The number of hydrogen-bond donors (Lipinski definition) is 1. The van der Waals surface area contributed by atoms with Crippen LogP contribution in [-0.2, 0) is 4.79 Å². The van der Waals surface area contributed by atoms with Gasteiger partial charge < -0.3 is 10.2 Å². The molecule has 1 aromatic carbocycles. The maximum atomic E-state index is 12.4. The number of amides is 1. The zero-order chi connectivity index (χ0) is 18.5. The highest BCUT2D eigenvalue weighted by molar-refractivity contribution is 6.32. The lowest BCUT2D eigenvalue weighted by atomic mass is 10.3. The maximum absolute atomic E-state index is 12.4. The Morgan fingerprint density at radius 3 is 2.54 bits per heavy atom. The SMILES string of the molecule is CC(=O)N1CCN(CCNc2cnn(-c3ccccc3)c(=O)c2Cl)CC1. The summed E-state index contributed by atoms with van der Waals surface area (Å²) in [6, 6.07) is 9.17. The van der Waals surface area contributed by atoms with E-state index in [-0.39, 0.29) is 16.5 Å². The highest BCUT2D eigenvalue weighted by Crippen LogP contribution is 2.16. The van der Waals surface area contributed by atoms with E-state index in [0.717, 1.165) is 32.7 Å². The number of halogens is 1. The minimum absolute atomic E-state index is 0.125. The van der Waals surface area contributed by atoms with Crippen LogP contribution in [0.15, 0.2) is 41.3 Å². The molecule has 0 atom stereocenters. The van der Waals surface area contributed by atoms with Crippen LogP contribution < -0.4 is 10.9 Å². The van der Waals surface area contributed by atoms with E-state index in [9.17, 15) is 9.59 Å². The zero-order valence-corrected chi connectivity index (χ0v) is 15.4. The first-order chi connectivity index (χ1) is 12.6. The number of hydrogen-bond acceptors (Lipinski definition) is 5. The molecule has 2 aromatic rings. The summed E-state index contributed by atoms with van der Waals surface area (Å²) in [4.78, 5) is 27.9. The molecule has 0 radical (unpaired) electrons. The second-order valence-corrected chi connectivity index (χ2v) is 6.58. The molecule has 138 valence electrons. The first-order valence-electron chi connectivity index (χ1n) is 8.61. The van der Waals surface area contributed by atoms with Crippen LogP contribution in [0.1, 0.15) is 6.92 Å². The molecule has 1 aromatic heterocycles. The number of nitrogens with zero attached hydrogens (tertiary/aromatic N) is 4. The first kappa shape index (κ1) is 18.4. The molecule has 1 aliphatic heterocycles. The standard InChI is InChI=1S/C18H22ClN5O2/c1-14(25)23-11-9-22(10-12-23)8-7-20-16-13-21-24(18(26)17(16)19)15-5-3-2-4-6-15/h2-6,13,20H,7-12H2,1H3. The molecule has 0 bridgehead atoms. The number of aromatic nitrogens is 2. The normalized spacial score (nSPS) is 15.1. The van der Waals surface area contributed by atoms with E-state index in [1.807, 2.05) is 23.1 Å². The van der Waals surface area contributed by atoms with Gasteiger partial charge in [-0.25, -0.2) is 0 Å². The highest BCUT2D eigenvalue weighted by Gasteiger charge is 2.18. The third kappa shape index (κ3) is 4.23.